The van der Waals surface area contributed by atoms with E-state index in [9.17, 15) is 0 Å². The van der Waals surface area contributed by atoms with Crippen molar-refractivity contribution in [2.24, 2.45) is 0 Å². The Morgan fingerprint density at radius 2 is 2.00 bits per heavy atom. The first-order chi connectivity index (χ1) is 9.86. The van der Waals surface area contributed by atoms with Crippen LogP contribution >= 0.6 is 11.8 Å². The third kappa shape index (κ3) is 3.61. The lowest BCUT2D eigenvalue weighted by molar-refractivity contribution is 0.686. The molecule has 1 aromatic heterocycles. The molecule has 0 fully saturated rings. The monoisotopic (exact) mass is 286 g/mol. The molecule has 0 saturated carbocycles. The molecule has 5 heteroatoms. The van der Waals surface area contributed by atoms with Gasteiger partial charge in [-0.25, -0.2) is 0 Å². The lowest BCUT2D eigenvalue weighted by Gasteiger charge is -2.06. The van der Waals surface area contributed by atoms with Gasteiger partial charge in [-0.05, 0) is 19.8 Å². The van der Waals surface area contributed by atoms with E-state index < -0.39 is 0 Å². The van der Waals surface area contributed by atoms with Crippen LogP contribution in [-0.4, -0.2) is 20.5 Å². The second-order valence-corrected chi connectivity index (χ2v) is 5.44. The fourth-order valence-corrected chi connectivity index (χ4v) is 2.95. The summed E-state index contributed by atoms with van der Waals surface area (Å²) >= 11 is 1.72. The van der Waals surface area contributed by atoms with Gasteiger partial charge >= 0.3 is 0 Å². The quantitative estimate of drug-likeness (QED) is 0.574. The maximum atomic E-state index is 8.51. The average molecular weight is 286 g/mol. The van der Waals surface area contributed by atoms with Crippen LogP contribution in [-0.2, 0) is 6.54 Å². The lowest BCUT2D eigenvalue weighted by Crippen LogP contribution is -2.00. The molecule has 0 radical (unpaired) electrons. The standard InChI is InChI=1S/C15H18N4S/c1-2-19-14(13-9-5-3-6-10-13)17-18-15(19)20-12-8-4-7-11-16/h3,5-6,9-10H,2,4,7-8,12H2,1H3. The van der Waals surface area contributed by atoms with Gasteiger partial charge in [-0.2, -0.15) is 5.26 Å². The Morgan fingerprint density at radius 1 is 1.20 bits per heavy atom. The van der Waals surface area contributed by atoms with E-state index in [0.717, 1.165) is 41.7 Å². The number of aromatic nitrogens is 3. The van der Waals surface area contributed by atoms with Gasteiger partial charge in [-0.3, -0.25) is 0 Å². The Balaban J connectivity index is 2.05. The van der Waals surface area contributed by atoms with Gasteiger partial charge < -0.3 is 4.57 Å². The Bertz CT molecular complexity index is 571. The van der Waals surface area contributed by atoms with Gasteiger partial charge in [0.25, 0.3) is 0 Å². The van der Waals surface area contributed by atoms with Gasteiger partial charge in [0.05, 0.1) is 6.07 Å². The second kappa shape index (κ2) is 7.71. The number of thioether (sulfide) groups is 1. The molecule has 20 heavy (non-hydrogen) atoms. The maximum absolute atomic E-state index is 8.51. The molecule has 0 aliphatic heterocycles. The van der Waals surface area contributed by atoms with Crippen LogP contribution in [0.1, 0.15) is 26.2 Å². The highest BCUT2D eigenvalue weighted by Gasteiger charge is 2.12. The van der Waals surface area contributed by atoms with Crippen LogP contribution in [0.15, 0.2) is 35.5 Å². The van der Waals surface area contributed by atoms with Crippen LogP contribution < -0.4 is 0 Å². The summed E-state index contributed by atoms with van der Waals surface area (Å²) < 4.78 is 2.14. The van der Waals surface area contributed by atoms with Crippen LogP contribution in [0.3, 0.4) is 0 Å². The van der Waals surface area contributed by atoms with Crippen molar-refractivity contribution in [1.29, 1.82) is 5.26 Å². The van der Waals surface area contributed by atoms with Crippen molar-refractivity contribution in [2.45, 2.75) is 37.9 Å². The molecule has 2 aromatic rings. The zero-order valence-electron chi connectivity index (χ0n) is 11.6. The molecule has 0 bridgehead atoms. The van der Waals surface area contributed by atoms with Gasteiger partial charge in [0, 0.05) is 24.3 Å². The molecule has 0 aliphatic rings. The van der Waals surface area contributed by atoms with E-state index in [2.05, 4.69) is 39.9 Å². The van der Waals surface area contributed by atoms with Gasteiger partial charge in [-0.1, -0.05) is 42.1 Å². The summed E-state index contributed by atoms with van der Waals surface area (Å²) in [5.41, 5.74) is 1.10. The fourth-order valence-electron chi connectivity index (χ4n) is 1.95. The maximum Gasteiger partial charge on any atom is 0.191 e. The van der Waals surface area contributed by atoms with Crippen LogP contribution in [0, 0.1) is 11.3 Å². The molecule has 0 atom stereocenters. The van der Waals surface area contributed by atoms with Crippen molar-refractivity contribution in [3.63, 3.8) is 0 Å². The molecule has 0 saturated heterocycles. The number of benzene rings is 1. The number of hydrogen-bond donors (Lipinski definition) is 0. The van der Waals surface area contributed by atoms with Gasteiger partial charge in [0.15, 0.2) is 11.0 Å². The summed E-state index contributed by atoms with van der Waals surface area (Å²) in [6.07, 6.45) is 2.63. The van der Waals surface area contributed by atoms with Crippen molar-refractivity contribution in [1.82, 2.24) is 14.8 Å². The minimum absolute atomic E-state index is 0.635. The molecular weight excluding hydrogens is 268 g/mol. The highest BCUT2D eigenvalue weighted by molar-refractivity contribution is 7.99. The Labute approximate surface area is 123 Å². The van der Waals surface area contributed by atoms with E-state index in [1.54, 1.807) is 11.8 Å². The Kier molecular flexibility index (Phi) is 5.63. The molecule has 4 nitrogen and oxygen atoms in total. The van der Waals surface area contributed by atoms with E-state index in [0.29, 0.717) is 6.42 Å². The summed E-state index contributed by atoms with van der Waals surface area (Å²) in [7, 11) is 0. The van der Waals surface area contributed by atoms with Crippen LogP contribution in [0.25, 0.3) is 11.4 Å². The highest BCUT2D eigenvalue weighted by atomic mass is 32.2. The summed E-state index contributed by atoms with van der Waals surface area (Å²) in [5, 5.41) is 18.1. The van der Waals surface area contributed by atoms with Crippen LogP contribution in [0.4, 0.5) is 0 Å². The number of rotatable bonds is 7. The number of nitriles is 1. The molecule has 0 N–H and O–H groups in total. The predicted molar refractivity (Wildman–Crippen MR) is 81.3 cm³/mol. The van der Waals surface area contributed by atoms with E-state index >= 15 is 0 Å². The molecule has 1 heterocycles. The minimum Gasteiger partial charge on any atom is -0.302 e. The van der Waals surface area contributed by atoms with Crippen LogP contribution in [0.2, 0.25) is 0 Å². The van der Waals surface area contributed by atoms with Crippen LogP contribution in [0.5, 0.6) is 0 Å². The van der Waals surface area contributed by atoms with Crippen molar-refractivity contribution >= 4 is 11.8 Å². The molecule has 2 rings (SSSR count). The molecule has 0 amide bonds. The van der Waals surface area contributed by atoms with Crippen molar-refractivity contribution in [3.8, 4) is 17.5 Å². The van der Waals surface area contributed by atoms with E-state index in [-0.39, 0.29) is 0 Å². The minimum atomic E-state index is 0.635. The summed E-state index contributed by atoms with van der Waals surface area (Å²) in [5.74, 6) is 1.90. The molecule has 0 unspecified atom stereocenters. The number of hydrogen-bond acceptors (Lipinski definition) is 4. The number of nitrogens with zero attached hydrogens (tertiary/aromatic N) is 4. The fraction of sp³-hybridized carbons (Fsp3) is 0.400. The third-order valence-electron chi connectivity index (χ3n) is 2.98. The molecule has 104 valence electrons. The average Bonchev–Trinajstić information content (AvgIpc) is 2.91. The first-order valence-electron chi connectivity index (χ1n) is 6.85. The normalized spacial score (nSPS) is 10.4. The second-order valence-electron chi connectivity index (χ2n) is 4.38. The van der Waals surface area contributed by atoms with E-state index in [1.165, 1.54) is 0 Å². The number of unbranched alkanes of at least 4 members (excludes halogenated alkanes) is 2. The van der Waals surface area contributed by atoms with Crippen molar-refractivity contribution in [2.75, 3.05) is 5.75 Å². The molecule has 0 spiro atoms. The first-order valence-corrected chi connectivity index (χ1v) is 7.83. The lowest BCUT2D eigenvalue weighted by atomic mass is 10.2. The summed E-state index contributed by atoms with van der Waals surface area (Å²) in [4.78, 5) is 0. The first kappa shape index (κ1) is 14.6. The third-order valence-corrected chi connectivity index (χ3v) is 4.03. The predicted octanol–water partition coefficient (Wildman–Crippen LogP) is 3.75. The Morgan fingerprint density at radius 3 is 2.70 bits per heavy atom. The Hall–Kier alpha value is -1.80. The van der Waals surface area contributed by atoms with Gasteiger partial charge in [-0.15, -0.1) is 10.2 Å². The van der Waals surface area contributed by atoms with E-state index in [4.69, 9.17) is 5.26 Å². The highest BCUT2D eigenvalue weighted by Crippen LogP contribution is 2.24. The zero-order valence-corrected chi connectivity index (χ0v) is 12.4. The molecule has 1 aromatic carbocycles. The summed E-state index contributed by atoms with van der Waals surface area (Å²) in [6.45, 7) is 2.97. The largest absolute Gasteiger partial charge is 0.302 e. The topological polar surface area (TPSA) is 54.5 Å². The zero-order chi connectivity index (χ0) is 14.2. The van der Waals surface area contributed by atoms with E-state index in [1.807, 2.05) is 18.2 Å². The van der Waals surface area contributed by atoms with Crippen molar-refractivity contribution in [3.05, 3.63) is 30.3 Å². The van der Waals surface area contributed by atoms with Crippen molar-refractivity contribution < 1.29 is 0 Å². The molecular formula is C15H18N4S. The SMILES string of the molecule is CCn1c(SCCCCC#N)nnc1-c1ccccc1. The summed E-state index contributed by atoms with van der Waals surface area (Å²) in [6, 6.07) is 12.3. The smallest absolute Gasteiger partial charge is 0.191 e. The van der Waals surface area contributed by atoms with Gasteiger partial charge in [0.2, 0.25) is 0 Å². The molecule has 0 aliphatic carbocycles. The van der Waals surface area contributed by atoms with Gasteiger partial charge in [0.1, 0.15) is 0 Å².